The minimum atomic E-state index is -0.481. The second kappa shape index (κ2) is 7.72. The summed E-state index contributed by atoms with van der Waals surface area (Å²) in [5, 5.41) is 27.7. The van der Waals surface area contributed by atoms with Crippen LogP contribution in [0.4, 0.5) is 0 Å². The Morgan fingerprint density at radius 3 is 2.63 bits per heavy atom. The number of phenolic OH excluding ortho intramolecular Hbond substituents is 2. The number of aromatic amines is 1. The average molecular weight is 409 g/mol. The smallest absolute Gasteiger partial charge is 0.273 e. The molecule has 0 saturated carbocycles. The molecule has 30 heavy (non-hydrogen) atoms. The van der Waals surface area contributed by atoms with Gasteiger partial charge in [0.2, 0.25) is 0 Å². The second-order valence-electron chi connectivity index (χ2n) is 7.21. The standard InChI is InChI=1S/C22H23N3O5/c1-12-4-6-15(26)14(10-12)19-18-20(24-23-19)22(28)25(8-9-29-2)21(18)13-5-7-16(27)17(11-13)30-3/h4-7,10-11,21,26-27H,8-9H2,1-3H3,(H,23,24)/t21-/m1/s1. The molecule has 8 nitrogen and oxygen atoms in total. The molecule has 8 heteroatoms. The van der Waals surface area contributed by atoms with Crippen molar-refractivity contribution in [1.82, 2.24) is 15.1 Å². The maximum atomic E-state index is 13.2. The number of carbonyl (C=O) groups is 1. The van der Waals surface area contributed by atoms with Crippen molar-refractivity contribution in [1.29, 1.82) is 0 Å². The molecule has 1 aromatic heterocycles. The van der Waals surface area contributed by atoms with Crippen LogP contribution in [0.15, 0.2) is 36.4 Å². The van der Waals surface area contributed by atoms with Gasteiger partial charge in [-0.3, -0.25) is 9.89 Å². The second-order valence-corrected chi connectivity index (χ2v) is 7.21. The maximum Gasteiger partial charge on any atom is 0.273 e. The van der Waals surface area contributed by atoms with Gasteiger partial charge in [0, 0.05) is 24.8 Å². The minimum Gasteiger partial charge on any atom is -0.507 e. The molecule has 4 rings (SSSR count). The molecule has 0 bridgehead atoms. The van der Waals surface area contributed by atoms with Crippen molar-refractivity contribution in [3.63, 3.8) is 0 Å². The van der Waals surface area contributed by atoms with Gasteiger partial charge in [-0.1, -0.05) is 17.7 Å². The lowest BCUT2D eigenvalue weighted by atomic mass is 9.95. The van der Waals surface area contributed by atoms with Crippen LogP contribution in [-0.4, -0.2) is 58.6 Å². The van der Waals surface area contributed by atoms with Gasteiger partial charge in [-0.25, -0.2) is 0 Å². The lowest BCUT2D eigenvalue weighted by molar-refractivity contribution is 0.0677. The topological polar surface area (TPSA) is 108 Å². The van der Waals surface area contributed by atoms with E-state index in [1.165, 1.54) is 13.2 Å². The fourth-order valence-corrected chi connectivity index (χ4v) is 3.87. The number of nitrogens with one attached hydrogen (secondary N) is 1. The Morgan fingerprint density at radius 2 is 1.90 bits per heavy atom. The van der Waals surface area contributed by atoms with E-state index >= 15 is 0 Å². The first-order valence-electron chi connectivity index (χ1n) is 9.51. The third-order valence-electron chi connectivity index (χ3n) is 5.33. The fraction of sp³-hybridized carbons (Fsp3) is 0.273. The Labute approximate surface area is 173 Å². The molecule has 0 radical (unpaired) electrons. The van der Waals surface area contributed by atoms with Crippen LogP contribution >= 0.6 is 0 Å². The number of phenols is 2. The van der Waals surface area contributed by atoms with Crippen molar-refractivity contribution in [2.24, 2.45) is 0 Å². The largest absolute Gasteiger partial charge is 0.507 e. The van der Waals surface area contributed by atoms with Gasteiger partial charge in [-0.15, -0.1) is 0 Å². The van der Waals surface area contributed by atoms with Crippen molar-refractivity contribution in [2.75, 3.05) is 27.4 Å². The van der Waals surface area contributed by atoms with Crippen LogP contribution in [0.3, 0.4) is 0 Å². The lowest BCUT2D eigenvalue weighted by Crippen LogP contribution is -2.32. The molecule has 3 aromatic rings. The van der Waals surface area contributed by atoms with Crippen molar-refractivity contribution >= 4 is 5.91 Å². The number of carbonyl (C=O) groups excluding carboxylic acids is 1. The molecule has 1 aliphatic rings. The molecular formula is C22H23N3O5. The lowest BCUT2D eigenvalue weighted by Gasteiger charge is -2.26. The van der Waals surface area contributed by atoms with Crippen LogP contribution < -0.4 is 4.74 Å². The average Bonchev–Trinajstić information content (AvgIpc) is 3.28. The van der Waals surface area contributed by atoms with E-state index in [1.807, 2.05) is 19.1 Å². The van der Waals surface area contributed by atoms with E-state index in [1.54, 1.807) is 30.2 Å². The summed E-state index contributed by atoms with van der Waals surface area (Å²) < 4.78 is 10.5. The summed E-state index contributed by atoms with van der Waals surface area (Å²) in [7, 11) is 3.05. The molecule has 1 atom stereocenters. The number of ether oxygens (including phenoxy) is 2. The van der Waals surface area contributed by atoms with Gasteiger partial charge in [0.05, 0.1) is 19.8 Å². The number of nitrogens with zero attached hydrogens (tertiary/aromatic N) is 2. The highest BCUT2D eigenvalue weighted by atomic mass is 16.5. The molecule has 2 aromatic carbocycles. The van der Waals surface area contributed by atoms with Gasteiger partial charge in [0.25, 0.3) is 5.91 Å². The summed E-state index contributed by atoms with van der Waals surface area (Å²) in [6.07, 6.45) is 0. The molecule has 0 saturated heterocycles. The van der Waals surface area contributed by atoms with E-state index in [4.69, 9.17) is 9.47 Å². The molecule has 0 fully saturated rings. The first-order chi connectivity index (χ1) is 14.5. The van der Waals surface area contributed by atoms with Crippen LogP contribution in [0.2, 0.25) is 0 Å². The van der Waals surface area contributed by atoms with Crippen LogP contribution in [-0.2, 0) is 4.74 Å². The summed E-state index contributed by atoms with van der Waals surface area (Å²) in [6.45, 7) is 2.65. The van der Waals surface area contributed by atoms with Crippen molar-refractivity contribution in [3.05, 3.63) is 58.8 Å². The monoisotopic (exact) mass is 409 g/mol. The summed E-state index contributed by atoms with van der Waals surface area (Å²) >= 11 is 0. The fourth-order valence-electron chi connectivity index (χ4n) is 3.87. The summed E-state index contributed by atoms with van der Waals surface area (Å²) in [4.78, 5) is 14.8. The number of hydrogen-bond acceptors (Lipinski definition) is 6. The number of fused-ring (bicyclic) bond motifs is 1. The highest BCUT2D eigenvalue weighted by Crippen LogP contribution is 2.45. The van der Waals surface area contributed by atoms with Crippen molar-refractivity contribution < 1.29 is 24.5 Å². The molecule has 3 N–H and O–H groups in total. The predicted molar refractivity (Wildman–Crippen MR) is 110 cm³/mol. The van der Waals surface area contributed by atoms with Crippen LogP contribution in [0, 0.1) is 6.92 Å². The predicted octanol–water partition coefficient (Wildman–Crippen LogP) is 3.00. The van der Waals surface area contributed by atoms with E-state index < -0.39 is 6.04 Å². The molecule has 1 amide bonds. The normalized spacial score (nSPS) is 15.5. The number of aromatic nitrogens is 2. The van der Waals surface area contributed by atoms with Gasteiger partial charge in [-0.2, -0.15) is 5.10 Å². The zero-order valence-corrected chi connectivity index (χ0v) is 17.0. The number of hydrogen-bond donors (Lipinski definition) is 3. The first kappa shape index (κ1) is 19.8. The highest BCUT2D eigenvalue weighted by Gasteiger charge is 2.42. The summed E-state index contributed by atoms with van der Waals surface area (Å²) in [6, 6.07) is 9.77. The number of H-pyrrole nitrogens is 1. The van der Waals surface area contributed by atoms with E-state index in [2.05, 4.69) is 10.2 Å². The number of aromatic hydroxyl groups is 2. The molecule has 0 spiro atoms. The summed E-state index contributed by atoms with van der Waals surface area (Å²) in [5.41, 5.74) is 3.82. The Hall–Kier alpha value is -3.52. The molecule has 0 unspecified atom stereocenters. The molecule has 0 aliphatic carbocycles. The number of methoxy groups -OCH3 is 2. The van der Waals surface area contributed by atoms with Crippen LogP contribution in [0.25, 0.3) is 11.3 Å². The van der Waals surface area contributed by atoms with E-state index in [0.717, 1.165) is 11.1 Å². The number of aryl methyl sites for hydroxylation is 1. The first-order valence-corrected chi connectivity index (χ1v) is 9.51. The van der Waals surface area contributed by atoms with E-state index in [0.29, 0.717) is 41.4 Å². The Balaban J connectivity index is 1.91. The molecule has 2 heterocycles. The highest BCUT2D eigenvalue weighted by molar-refractivity contribution is 6.00. The maximum absolute atomic E-state index is 13.2. The van der Waals surface area contributed by atoms with E-state index in [-0.39, 0.29) is 17.4 Å². The molecular weight excluding hydrogens is 386 g/mol. The van der Waals surface area contributed by atoms with E-state index in [9.17, 15) is 15.0 Å². The van der Waals surface area contributed by atoms with Gasteiger partial charge < -0.3 is 24.6 Å². The number of rotatable bonds is 6. The minimum absolute atomic E-state index is 0.0120. The van der Waals surface area contributed by atoms with Crippen LogP contribution in [0.1, 0.15) is 33.2 Å². The van der Waals surface area contributed by atoms with Gasteiger partial charge in [0.1, 0.15) is 17.1 Å². The number of amides is 1. The third-order valence-corrected chi connectivity index (χ3v) is 5.33. The van der Waals surface area contributed by atoms with Gasteiger partial charge in [0.15, 0.2) is 11.5 Å². The van der Waals surface area contributed by atoms with Gasteiger partial charge in [-0.05, 0) is 36.8 Å². The molecule has 1 aliphatic heterocycles. The Morgan fingerprint density at radius 1 is 1.13 bits per heavy atom. The van der Waals surface area contributed by atoms with Crippen LogP contribution in [0.5, 0.6) is 17.2 Å². The zero-order valence-electron chi connectivity index (χ0n) is 17.0. The SMILES string of the molecule is COCCN1C(=O)c2[nH]nc(-c3cc(C)ccc3O)c2[C@H]1c1ccc(O)c(OC)c1. The Bertz CT molecular complexity index is 1110. The summed E-state index contributed by atoms with van der Waals surface area (Å²) in [5.74, 6) is 0.200. The van der Waals surface area contributed by atoms with Crippen molar-refractivity contribution in [3.8, 4) is 28.5 Å². The van der Waals surface area contributed by atoms with Crippen molar-refractivity contribution in [2.45, 2.75) is 13.0 Å². The number of benzene rings is 2. The third kappa shape index (κ3) is 3.15. The van der Waals surface area contributed by atoms with Gasteiger partial charge >= 0.3 is 0 Å². The quantitative estimate of drug-likeness (QED) is 0.578. The molecule has 156 valence electrons. The Kier molecular flexibility index (Phi) is 5.09. The zero-order chi connectivity index (χ0) is 21.4.